The van der Waals surface area contributed by atoms with Gasteiger partial charge in [-0.1, -0.05) is 30.3 Å². The molecule has 164 valence electrons. The zero-order chi connectivity index (χ0) is 22.7. The molecule has 0 amide bonds. The molecule has 0 radical (unpaired) electrons. The van der Waals surface area contributed by atoms with Crippen molar-refractivity contribution >= 4 is 44.4 Å². The fourth-order valence-corrected chi connectivity index (χ4v) is 4.12. The van der Waals surface area contributed by atoms with Gasteiger partial charge in [-0.2, -0.15) is 0 Å². The highest BCUT2D eigenvalue weighted by molar-refractivity contribution is 9.10. The molecule has 0 saturated carbocycles. The number of halogens is 1. The molecule has 9 heteroatoms. The number of ether oxygens (including phenoxy) is 2. The van der Waals surface area contributed by atoms with Crippen LogP contribution in [-0.2, 0) is 27.2 Å². The highest BCUT2D eigenvalue weighted by atomic mass is 79.9. The van der Waals surface area contributed by atoms with Gasteiger partial charge in [0.05, 0.1) is 40.2 Å². The molecule has 0 spiro atoms. The topological polar surface area (TPSA) is 101 Å². The van der Waals surface area contributed by atoms with Crippen LogP contribution >= 0.6 is 15.9 Å². The van der Waals surface area contributed by atoms with E-state index >= 15 is 0 Å². The van der Waals surface area contributed by atoms with Crippen molar-refractivity contribution < 1.29 is 19.2 Å². The molecular formula is C23H19BrN2O6. The quantitative estimate of drug-likeness (QED) is 0.401. The van der Waals surface area contributed by atoms with E-state index in [9.17, 15) is 19.7 Å². The van der Waals surface area contributed by atoms with E-state index in [1.54, 1.807) is 16.7 Å². The van der Waals surface area contributed by atoms with Crippen LogP contribution in [0.3, 0.4) is 0 Å². The monoisotopic (exact) mass is 498 g/mol. The van der Waals surface area contributed by atoms with E-state index in [1.807, 2.05) is 30.3 Å². The van der Waals surface area contributed by atoms with E-state index in [0.717, 1.165) is 16.5 Å². The lowest BCUT2D eigenvalue weighted by Gasteiger charge is -2.14. The second-order valence-corrected chi connectivity index (χ2v) is 8.08. The van der Waals surface area contributed by atoms with Crippen molar-refractivity contribution in [3.05, 3.63) is 90.7 Å². The summed E-state index contributed by atoms with van der Waals surface area (Å²) in [7, 11) is 0. The maximum Gasteiger partial charge on any atom is 0.276 e. The number of para-hydroxylation sites is 1. The third kappa shape index (κ3) is 4.69. The SMILES string of the molecule is O=C1C=Cc2c(cccc2[N+](=O)[O-])C1.O=c1c(Br)cc2ccccc2n1CC1OCCO1. The lowest BCUT2D eigenvalue weighted by atomic mass is 9.95. The second-order valence-electron chi connectivity index (χ2n) is 7.22. The molecule has 1 aliphatic heterocycles. The third-order valence-electron chi connectivity index (χ3n) is 5.15. The van der Waals surface area contributed by atoms with E-state index in [4.69, 9.17) is 9.47 Å². The number of pyridine rings is 1. The highest BCUT2D eigenvalue weighted by Crippen LogP contribution is 2.26. The molecule has 2 aliphatic rings. The van der Waals surface area contributed by atoms with Crippen LogP contribution in [0.4, 0.5) is 5.69 Å². The largest absolute Gasteiger partial charge is 0.348 e. The zero-order valence-corrected chi connectivity index (χ0v) is 18.5. The first-order valence-electron chi connectivity index (χ1n) is 9.92. The standard InChI is InChI=1S/C13H12BrNO3.C10H7NO3/c14-10-7-9-3-1-2-4-11(9)15(13(10)16)8-12-17-5-6-18-12;12-8-4-5-9-7(6-8)2-1-3-10(9)11(13)14/h1-4,7,12H,5-6,8H2;1-5H,6H2. The number of rotatable bonds is 3. The molecule has 32 heavy (non-hydrogen) atoms. The summed E-state index contributed by atoms with van der Waals surface area (Å²) < 4.78 is 13.1. The average Bonchev–Trinajstić information content (AvgIpc) is 3.30. The number of fused-ring (bicyclic) bond motifs is 2. The predicted octanol–water partition coefficient (Wildman–Crippen LogP) is 3.87. The van der Waals surface area contributed by atoms with E-state index in [0.29, 0.717) is 29.8 Å². The number of carbonyl (C=O) groups excluding carboxylic acids is 1. The van der Waals surface area contributed by atoms with Crippen molar-refractivity contribution in [2.24, 2.45) is 0 Å². The molecule has 8 nitrogen and oxygen atoms in total. The highest BCUT2D eigenvalue weighted by Gasteiger charge is 2.20. The number of aromatic nitrogens is 1. The summed E-state index contributed by atoms with van der Waals surface area (Å²) in [6.45, 7) is 1.59. The van der Waals surface area contributed by atoms with Crippen LogP contribution in [0.1, 0.15) is 11.1 Å². The first kappa shape index (κ1) is 22.1. The number of ketones is 1. The second kappa shape index (κ2) is 9.56. The molecule has 5 rings (SSSR count). The first-order chi connectivity index (χ1) is 15.4. The number of hydrogen-bond acceptors (Lipinski definition) is 6. The Bertz CT molecular complexity index is 1280. The molecule has 2 heterocycles. The molecule has 3 aromatic rings. The minimum absolute atomic E-state index is 0.0157. The molecule has 0 atom stereocenters. The summed E-state index contributed by atoms with van der Waals surface area (Å²) in [6.07, 6.45) is 2.82. The van der Waals surface area contributed by atoms with Crippen LogP contribution in [0.5, 0.6) is 0 Å². The van der Waals surface area contributed by atoms with Crippen molar-refractivity contribution in [2.45, 2.75) is 19.3 Å². The lowest BCUT2D eigenvalue weighted by molar-refractivity contribution is -0.385. The number of nitro benzene ring substituents is 1. The van der Waals surface area contributed by atoms with Gasteiger partial charge < -0.3 is 14.0 Å². The molecule has 1 aliphatic carbocycles. The van der Waals surface area contributed by atoms with E-state index < -0.39 is 4.92 Å². The Morgan fingerprint density at radius 2 is 1.81 bits per heavy atom. The number of nitro groups is 1. The first-order valence-corrected chi connectivity index (χ1v) is 10.7. The van der Waals surface area contributed by atoms with Crippen LogP contribution < -0.4 is 5.56 Å². The van der Waals surface area contributed by atoms with Crippen molar-refractivity contribution in [2.75, 3.05) is 13.2 Å². The fourth-order valence-electron chi connectivity index (χ4n) is 3.66. The average molecular weight is 499 g/mol. The van der Waals surface area contributed by atoms with Gasteiger partial charge in [-0.15, -0.1) is 0 Å². The van der Waals surface area contributed by atoms with Crippen LogP contribution in [0.15, 0.2) is 63.9 Å². The van der Waals surface area contributed by atoms with Gasteiger partial charge in [0.1, 0.15) is 0 Å². The minimum atomic E-state index is -0.432. The minimum Gasteiger partial charge on any atom is -0.348 e. The summed E-state index contributed by atoms with van der Waals surface area (Å²) in [5.74, 6) is -0.0157. The number of hydrogen-bond donors (Lipinski definition) is 0. The molecular weight excluding hydrogens is 480 g/mol. The summed E-state index contributed by atoms with van der Waals surface area (Å²) in [5, 5.41) is 11.7. The van der Waals surface area contributed by atoms with Crippen LogP contribution in [0.2, 0.25) is 0 Å². The van der Waals surface area contributed by atoms with Gasteiger partial charge >= 0.3 is 0 Å². The van der Waals surface area contributed by atoms with Gasteiger partial charge in [-0.05, 0) is 51.2 Å². The Kier molecular flexibility index (Phi) is 6.59. The van der Waals surface area contributed by atoms with Gasteiger partial charge in [0.2, 0.25) is 0 Å². The lowest BCUT2D eigenvalue weighted by Crippen LogP contribution is -2.27. The van der Waals surface area contributed by atoms with Gasteiger partial charge in [0.25, 0.3) is 11.2 Å². The summed E-state index contributed by atoms with van der Waals surface area (Å²) >= 11 is 3.30. The molecule has 0 unspecified atom stereocenters. The van der Waals surface area contributed by atoms with Gasteiger partial charge in [0.15, 0.2) is 12.1 Å². The predicted molar refractivity (Wildman–Crippen MR) is 122 cm³/mol. The van der Waals surface area contributed by atoms with Crippen LogP contribution in [0, 0.1) is 10.1 Å². The molecule has 0 N–H and O–H groups in total. The normalized spacial score (nSPS) is 15.3. The summed E-state index contributed by atoms with van der Waals surface area (Å²) in [5.41, 5.74) is 2.17. The number of allylic oxidation sites excluding steroid dienone is 1. The Hall–Kier alpha value is -3.14. The zero-order valence-electron chi connectivity index (χ0n) is 16.9. The smallest absolute Gasteiger partial charge is 0.276 e. The fraction of sp³-hybridized carbons (Fsp3) is 0.217. The van der Waals surface area contributed by atoms with Gasteiger partial charge in [-0.25, -0.2) is 0 Å². The Morgan fingerprint density at radius 3 is 2.56 bits per heavy atom. The van der Waals surface area contributed by atoms with Crippen molar-refractivity contribution in [1.29, 1.82) is 0 Å². The maximum atomic E-state index is 12.2. The Morgan fingerprint density at radius 1 is 1.06 bits per heavy atom. The molecule has 1 fully saturated rings. The Balaban J connectivity index is 0.000000158. The maximum absolute atomic E-state index is 12.2. The molecule has 0 bridgehead atoms. The van der Waals surface area contributed by atoms with Crippen LogP contribution in [-0.4, -0.2) is 34.8 Å². The third-order valence-corrected chi connectivity index (χ3v) is 5.72. The van der Waals surface area contributed by atoms with Crippen molar-refractivity contribution in [3.63, 3.8) is 0 Å². The van der Waals surface area contributed by atoms with Gasteiger partial charge in [-0.3, -0.25) is 19.7 Å². The summed E-state index contributed by atoms with van der Waals surface area (Å²) in [4.78, 5) is 33.4. The Labute approximate surface area is 191 Å². The van der Waals surface area contributed by atoms with E-state index in [-0.39, 0.29) is 29.7 Å². The van der Waals surface area contributed by atoms with Gasteiger partial charge in [0, 0.05) is 12.5 Å². The van der Waals surface area contributed by atoms with Crippen LogP contribution in [0.25, 0.3) is 17.0 Å². The number of carbonyl (C=O) groups is 1. The van der Waals surface area contributed by atoms with Crippen molar-refractivity contribution in [3.8, 4) is 0 Å². The van der Waals surface area contributed by atoms with Crippen molar-refractivity contribution in [1.82, 2.24) is 4.57 Å². The number of benzene rings is 2. The summed E-state index contributed by atoms with van der Waals surface area (Å²) in [6, 6.07) is 14.4. The van der Waals surface area contributed by atoms with E-state index in [2.05, 4.69) is 15.9 Å². The number of nitrogens with zero attached hydrogens (tertiary/aromatic N) is 2. The van der Waals surface area contributed by atoms with E-state index in [1.165, 1.54) is 18.2 Å². The molecule has 2 aromatic carbocycles. The molecule has 1 saturated heterocycles. The molecule has 1 aromatic heterocycles.